The van der Waals surface area contributed by atoms with Gasteiger partial charge in [0.15, 0.2) is 5.78 Å². The molecule has 0 saturated carbocycles. The van der Waals surface area contributed by atoms with Crippen LogP contribution in [0.15, 0.2) is 0 Å². The second-order valence-corrected chi connectivity index (χ2v) is 7.78. The largest absolute Gasteiger partial charge is 0.460 e. The summed E-state index contributed by atoms with van der Waals surface area (Å²) in [6, 6.07) is 0. The molecule has 0 spiro atoms. The fourth-order valence-corrected chi connectivity index (χ4v) is 2.46. The Morgan fingerprint density at radius 2 is 1.64 bits per heavy atom. The Balaban J connectivity index is 0. The van der Waals surface area contributed by atoms with Crippen molar-refractivity contribution in [1.82, 2.24) is 0 Å². The van der Waals surface area contributed by atoms with Crippen molar-refractivity contribution >= 4 is 18.0 Å². The summed E-state index contributed by atoms with van der Waals surface area (Å²) < 4.78 is 10.2. The number of hydrogen-bond acceptors (Lipinski definition) is 5. The normalized spacial score (nSPS) is 14.9. The molecule has 3 atom stereocenters. The molecule has 0 rings (SSSR count). The number of methoxy groups -OCH3 is 1. The van der Waals surface area contributed by atoms with E-state index in [-0.39, 0.29) is 35.3 Å². The summed E-state index contributed by atoms with van der Waals surface area (Å²) in [6.07, 6.45) is 6.25. The summed E-state index contributed by atoms with van der Waals surface area (Å²) in [6.45, 7) is 13.9. The first-order chi connectivity index (χ1) is 11.2. The van der Waals surface area contributed by atoms with E-state index in [0.29, 0.717) is 12.7 Å². The van der Waals surface area contributed by atoms with Gasteiger partial charge >= 0.3 is 5.97 Å². The van der Waals surface area contributed by atoms with Crippen molar-refractivity contribution in [3.8, 4) is 12.3 Å². The van der Waals surface area contributed by atoms with Crippen LogP contribution in [0.4, 0.5) is 0 Å². The van der Waals surface area contributed by atoms with Crippen LogP contribution in [0.25, 0.3) is 0 Å². The molecule has 0 heterocycles. The number of ketones is 1. The molecule has 25 heavy (non-hydrogen) atoms. The molecule has 0 fully saturated rings. The molecular weight excluding hydrogens is 320 g/mol. The van der Waals surface area contributed by atoms with E-state index in [9.17, 15) is 14.4 Å². The molecule has 0 N–H and O–H groups in total. The Labute approximate surface area is 152 Å². The second kappa shape index (κ2) is 11.0. The van der Waals surface area contributed by atoms with Crippen molar-refractivity contribution in [2.24, 2.45) is 17.3 Å². The number of carbonyl (C=O) groups is 3. The van der Waals surface area contributed by atoms with E-state index in [1.54, 1.807) is 27.9 Å². The maximum Gasteiger partial charge on any atom is 0.303 e. The number of Topliss-reactive ketones (excluding diaryl/α,β-unsaturated/α-hetero) is 1. The molecule has 5 heteroatoms. The van der Waals surface area contributed by atoms with Gasteiger partial charge in [-0.15, -0.1) is 12.3 Å². The summed E-state index contributed by atoms with van der Waals surface area (Å²) in [7, 11) is 1.56. The van der Waals surface area contributed by atoms with Crippen molar-refractivity contribution in [2.45, 2.75) is 73.5 Å². The minimum Gasteiger partial charge on any atom is -0.460 e. The molecule has 0 aromatic carbocycles. The molecular formula is C20H34O5. The summed E-state index contributed by atoms with van der Waals surface area (Å²) in [5, 5.41) is 0. The van der Waals surface area contributed by atoms with Crippen molar-refractivity contribution in [2.75, 3.05) is 7.11 Å². The van der Waals surface area contributed by atoms with Gasteiger partial charge in [-0.3, -0.25) is 9.59 Å². The highest BCUT2D eigenvalue weighted by Gasteiger charge is 2.37. The van der Waals surface area contributed by atoms with Crippen molar-refractivity contribution < 1.29 is 23.9 Å². The van der Waals surface area contributed by atoms with Gasteiger partial charge in [0.2, 0.25) is 0 Å². The van der Waals surface area contributed by atoms with Crippen molar-refractivity contribution in [3.63, 3.8) is 0 Å². The van der Waals surface area contributed by atoms with Crippen LogP contribution in [0.3, 0.4) is 0 Å². The summed E-state index contributed by atoms with van der Waals surface area (Å²) in [4.78, 5) is 33.3. The third kappa shape index (κ3) is 10.7. The minimum absolute atomic E-state index is 0.0893. The summed E-state index contributed by atoms with van der Waals surface area (Å²) in [5.74, 6) is 1.98. The summed E-state index contributed by atoms with van der Waals surface area (Å²) in [5.41, 5.74) is -1.29. The molecule has 0 aromatic rings. The van der Waals surface area contributed by atoms with E-state index < -0.39 is 5.41 Å². The lowest BCUT2D eigenvalue weighted by atomic mass is 9.78. The van der Waals surface area contributed by atoms with Gasteiger partial charge in [0.05, 0.1) is 11.5 Å². The Bertz CT molecular complexity index is 479. The molecule has 0 aromatic heterocycles. The molecule has 0 unspecified atom stereocenters. The van der Waals surface area contributed by atoms with E-state index in [1.165, 1.54) is 6.92 Å². The number of esters is 1. The van der Waals surface area contributed by atoms with E-state index in [2.05, 4.69) is 5.92 Å². The minimum atomic E-state index is -0.966. The van der Waals surface area contributed by atoms with Gasteiger partial charge in [-0.25, -0.2) is 0 Å². The molecule has 0 aliphatic heterocycles. The van der Waals surface area contributed by atoms with E-state index in [4.69, 9.17) is 15.9 Å². The molecule has 0 aliphatic rings. The van der Waals surface area contributed by atoms with Crippen LogP contribution in [0.1, 0.15) is 61.8 Å². The first kappa shape index (κ1) is 25.6. The van der Waals surface area contributed by atoms with Gasteiger partial charge in [-0.2, -0.15) is 0 Å². The van der Waals surface area contributed by atoms with Gasteiger partial charge in [0.25, 0.3) is 0 Å². The molecule has 0 aliphatic carbocycles. The van der Waals surface area contributed by atoms with Crippen molar-refractivity contribution in [3.05, 3.63) is 0 Å². The quantitative estimate of drug-likeness (QED) is 0.303. The Morgan fingerprint density at radius 3 is 1.88 bits per heavy atom. The molecule has 144 valence electrons. The first-order valence-corrected chi connectivity index (χ1v) is 8.40. The molecule has 0 bridgehead atoms. The maximum atomic E-state index is 12.1. The zero-order chi connectivity index (χ0) is 20.4. The highest BCUT2D eigenvalue weighted by molar-refractivity contribution is 5.98. The van der Waals surface area contributed by atoms with Crippen molar-refractivity contribution in [1.29, 1.82) is 0 Å². The SMILES string of the molecule is C#CC[C@H](C)[C@H](OC)[C@@H](C)C(=O)C(C)(C)C=O.CC(=O)OC(C)(C)C. The fraction of sp³-hybridized carbons (Fsp3) is 0.750. The van der Waals surface area contributed by atoms with Gasteiger partial charge < -0.3 is 14.3 Å². The van der Waals surface area contributed by atoms with Crippen LogP contribution in [0, 0.1) is 29.6 Å². The molecule has 0 saturated heterocycles. The van der Waals surface area contributed by atoms with Crippen LogP contribution >= 0.6 is 0 Å². The highest BCUT2D eigenvalue weighted by Crippen LogP contribution is 2.26. The second-order valence-electron chi connectivity index (χ2n) is 7.78. The van der Waals surface area contributed by atoms with Crippen LogP contribution in [0.2, 0.25) is 0 Å². The number of rotatable bonds is 7. The molecule has 0 radical (unpaired) electrons. The zero-order valence-electron chi connectivity index (χ0n) is 17.1. The topological polar surface area (TPSA) is 69.7 Å². The molecule has 5 nitrogen and oxygen atoms in total. The van der Waals surface area contributed by atoms with Crippen LogP contribution in [-0.4, -0.2) is 36.9 Å². The summed E-state index contributed by atoms with van der Waals surface area (Å²) >= 11 is 0. The highest BCUT2D eigenvalue weighted by atomic mass is 16.6. The predicted octanol–water partition coefficient (Wildman–Crippen LogP) is 3.44. The Kier molecular flexibility index (Phi) is 11.3. The number of ether oxygens (including phenoxy) is 2. The standard InChI is InChI=1S/C14H22O3.C6H12O2/c1-7-8-10(2)12(17-6)11(3)13(16)14(4,5)9-15;1-5(7)8-6(2,3)4/h1,9-12H,8H2,2-6H3;1-4H3/t10-,11+,12-;/m0./s1. The predicted molar refractivity (Wildman–Crippen MR) is 98.9 cm³/mol. The van der Waals surface area contributed by atoms with Crippen LogP contribution in [-0.2, 0) is 23.9 Å². The Morgan fingerprint density at radius 1 is 1.16 bits per heavy atom. The van der Waals surface area contributed by atoms with Crippen LogP contribution in [0.5, 0.6) is 0 Å². The van der Waals surface area contributed by atoms with E-state index in [0.717, 1.165) is 0 Å². The van der Waals surface area contributed by atoms with Gasteiger partial charge in [0.1, 0.15) is 11.9 Å². The maximum absolute atomic E-state index is 12.1. The van der Waals surface area contributed by atoms with E-state index in [1.807, 2.05) is 27.7 Å². The lowest BCUT2D eigenvalue weighted by molar-refractivity contribution is -0.152. The molecule has 0 amide bonds. The third-order valence-electron chi connectivity index (χ3n) is 3.56. The van der Waals surface area contributed by atoms with Gasteiger partial charge in [-0.05, 0) is 40.5 Å². The lowest BCUT2D eigenvalue weighted by Crippen LogP contribution is -2.40. The monoisotopic (exact) mass is 354 g/mol. The van der Waals surface area contributed by atoms with Gasteiger partial charge in [0, 0.05) is 26.4 Å². The fourth-order valence-electron chi connectivity index (χ4n) is 2.46. The third-order valence-corrected chi connectivity index (χ3v) is 3.56. The van der Waals surface area contributed by atoms with E-state index >= 15 is 0 Å². The first-order valence-electron chi connectivity index (χ1n) is 8.40. The Hall–Kier alpha value is -1.67. The van der Waals surface area contributed by atoms with Gasteiger partial charge in [-0.1, -0.05) is 13.8 Å². The average Bonchev–Trinajstić information content (AvgIpc) is 2.45. The number of carbonyl (C=O) groups excluding carboxylic acids is 3. The van der Waals surface area contributed by atoms with Crippen LogP contribution < -0.4 is 0 Å². The number of terminal acetylenes is 1. The smallest absolute Gasteiger partial charge is 0.303 e. The average molecular weight is 354 g/mol. The number of aldehydes is 1. The zero-order valence-corrected chi connectivity index (χ0v) is 17.1. The lowest BCUT2D eigenvalue weighted by Gasteiger charge is -2.30. The number of hydrogen-bond donors (Lipinski definition) is 0.